The second-order valence-corrected chi connectivity index (χ2v) is 4.47. The SMILES string of the molecule is CC(C)(C)c1n[nH]c(=S)n1CC(=O)O. The van der Waals surface area contributed by atoms with Crippen LogP contribution in [0.15, 0.2) is 0 Å². The second kappa shape index (κ2) is 3.53. The first-order valence-electron chi connectivity index (χ1n) is 4.20. The summed E-state index contributed by atoms with van der Waals surface area (Å²) in [5.74, 6) is -0.266. The summed E-state index contributed by atoms with van der Waals surface area (Å²) < 4.78 is 1.84. The first-order valence-corrected chi connectivity index (χ1v) is 4.60. The van der Waals surface area contributed by atoms with Crippen molar-refractivity contribution in [1.82, 2.24) is 14.8 Å². The lowest BCUT2D eigenvalue weighted by molar-refractivity contribution is -0.137. The number of aliphatic carboxylic acids is 1. The largest absolute Gasteiger partial charge is 0.480 e. The van der Waals surface area contributed by atoms with Gasteiger partial charge < -0.3 is 5.11 Å². The third kappa shape index (κ3) is 2.20. The molecule has 0 saturated heterocycles. The van der Waals surface area contributed by atoms with Gasteiger partial charge in [-0.15, -0.1) is 0 Å². The number of carboxylic acids is 1. The zero-order chi connectivity index (χ0) is 10.9. The first-order chi connectivity index (χ1) is 6.32. The van der Waals surface area contributed by atoms with Crippen molar-refractivity contribution in [3.8, 4) is 0 Å². The molecule has 2 N–H and O–H groups in total. The lowest BCUT2D eigenvalue weighted by Gasteiger charge is -2.17. The summed E-state index contributed by atoms with van der Waals surface area (Å²) in [6.45, 7) is 5.71. The van der Waals surface area contributed by atoms with Crippen LogP contribution in [0.3, 0.4) is 0 Å². The molecule has 1 heterocycles. The predicted octanol–water partition coefficient (Wildman–Crippen LogP) is 1.32. The first kappa shape index (κ1) is 10.9. The molecule has 0 aliphatic rings. The van der Waals surface area contributed by atoms with E-state index in [-0.39, 0.29) is 12.0 Å². The minimum atomic E-state index is -0.923. The van der Waals surface area contributed by atoms with Crippen LogP contribution in [0.25, 0.3) is 0 Å². The molecule has 14 heavy (non-hydrogen) atoms. The molecule has 0 fully saturated rings. The molecule has 0 atom stereocenters. The summed E-state index contributed by atoms with van der Waals surface area (Å²) in [5.41, 5.74) is -0.219. The second-order valence-electron chi connectivity index (χ2n) is 4.08. The van der Waals surface area contributed by atoms with Crippen LogP contribution in [0, 0.1) is 4.77 Å². The highest BCUT2D eigenvalue weighted by molar-refractivity contribution is 7.71. The number of H-pyrrole nitrogens is 1. The lowest BCUT2D eigenvalue weighted by atomic mass is 9.96. The van der Waals surface area contributed by atoms with Crippen LogP contribution in [0.4, 0.5) is 0 Å². The van der Waals surface area contributed by atoms with E-state index >= 15 is 0 Å². The van der Waals surface area contributed by atoms with E-state index in [1.807, 2.05) is 20.8 Å². The molecule has 6 heteroatoms. The Morgan fingerprint density at radius 1 is 1.64 bits per heavy atom. The third-order valence-corrected chi connectivity index (χ3v) is 2.03. The molecular weight excluding hydrogens is 202 g/mol. The maximum absolute atomic E-state index is 10.6. The summed E-state index contributed by atoms with van der Waals surface area (Å²) in [6, 6.07) is 0. The van der Waals surface area contributed by atoms with Crippen LogP contribution in [0.2, 0.25) is 0 Å². The molecular formula is C8H13N3O2S. The summed E-state index contributed by atoms with van der Waals surface area (Å²) in [4.78, 5) is 10.6. The smallest absolute Gasteiger partial charge is 0.323 e. The number of aromatic amines is 1. The number of aromatic nitrogens is 3. The van der Waals surface area contributed by atoms with Crippen molar-refractivity contribution in [3.63, 3.8) is 0 Å². The van der Waals surface area contributed by atoms with Gasteiger partial charge >= 0.3 is 5.97 Å². The number of hydrogen-bond donors (Lipinski definition) is 2. The van der Waals surface area contributed by atoms with Crippen molar-refractivity contribution in [2.45, 2.75) is 32.7 Å². The van der Waals surface area contributed by atoms with E-state index in [2.05, 4.69) is 10.2 Å². The lowest BCUT2D eigenvalue weighted by Crippen LogP contribution is -2.21. The number of nitrogens with one attached hydrogen (secondary N) is 1. The molecule has 0 radical (unpaired) electrons. The van der Waals surface area contributed by atoms with E-state index in [0.29, 0.717) is 10.6 Å². The third-order valence-electron chi connectivity index (χ3n) is 1.72. The zero-order valence-electron chi connectivity index (χ0n) is 8.37. The van der Waals surface area contributed by atoms with Gasteiger partial charge in [0.05, 0.1) is 0 Å². The molecule has 0 aliphatic heterocycles. The van der Waals surface area contributed by atoms with Crippen molar-refractivity contribution >= 4 is 18.2 Å². The van der Waals surface area contributed by atoms with E-state index in [4.69, 9.17) is 17.3 Å². The van der Waals surface area contributed by atoms with Crippen LogP contribution in [0.5, 0.6) is 0 Å². The summed E-state index contributed by atoms with van der Waals surface area (Å²) >= 11 is 4.94. The number of carboxylic acid groups (broad SMARTS) is 1. The van der Waals surface area contributed by atoms with E-state index in [1.165, 1.54) is 4.57 Å². The van der Waals surface area contributed by atoms with Crippen molar-refractivity contribution < 1.29 is 9.90 Å². The van der Waals surface area contributed by atoms with E-state index in [0.717, 1.165) is 0 Å². The Morgan fingerprint density at radius 2 is 2.21 bits per heavy atom. The highest BCUT2D eigenvalue weighted by atomic mass is 32.1. The Morgan fingerprint density at radius 3 is 2.64 bits per heavy atom. The molecule has 0 amide bonds. The number of rotatable bonds is 2. The highest BCUT2D eigenvalue weighted by Crippen LogP contribution is 2.19. The Labute approximate surface area is 86.8 Å². The van der Waals surface area contributed by atoms with E-state index in [9.17, 15) is 4.79 Å². The van der Waals surface area contributed by atoms with Crippen LogP contribution in [0.1, 0.15) is 26.6 Å². The number of carbonyl (C=O) groups is 1. The molecule has 1 aromatic heterocycles. The van der Waals surface area contributed by atoms with Crippen LogP contribution >= 0.6 is 12.2 Å². The van der Waals surface area contributed by atoms with Gasteiger partial charge in [0, 0.05) is 5.41 Å². The number of hydrogen-bond acceptors (Lipinski definition) is 3. The molecule has 1 aromatic rings. The summed E-state index contributed by atoms with van der Waals surface area (Å²) in [7, 11) is 0. The highest BCUT2D eigenvalue weighted by Gasteiger charge is 2.22. The molecule has 0 unspecified atom stereocenters. The van der Waals surface area contributed by atoms with Crippen LogP contribution in [-0.2, 0) is 16.8 Å². The molecule has 0 aliphatic carbocycles. The quantitative estimate of drug-likeness (QED) is 0.730. The number of nitrogens with zero attached hydrogens (tertiary/aromatic N) is 2. The van der Waals surface area contributed by atoms with Gasteiger partial charge in [-0.25, -0.2) is 0 Å². The van der Waals surface area contributed by atoms with Crippen molar-refractivity contribution in [1.29, 1.82) is 0 Å². The Balaban J connectivity index is 3.20. The maximum Gasteiger partial charge on any atom is 0.323 e. The molecule has 0 spiro atoms. The van der Waals surface area contributed by atoms with Gasteiger partial charge in [-0.05, 0) is 12.2 Å². The normalized spacial score (nSPS) is 11.6. The minimum Gasteiger partial charge on any atom is -0.480 e. The molecule has 78 valence electrons. The Kier molecular flexibility index (Phi) is 2.75. The van der Waals surface area contributed by atoms with Gasteiger partial charge in [0.25, 0.3) is 0 Å². The van der Waals surface area contributed by atoms with Gasteiger partial charge in [0.15, 0.2) is 4.77 Å². The van der Waals surface area contributed by atoms with Crippen molar-refractivity contribution in [2.75, 3.05) is 0 Å². The molecule has 0 bridgehead atoms. The summed E-state index contributed by atoms with van der Waals surface area (Å²) in [6.07, 6.45) is 0. The van der Waals surface area contributed by atoms with E-state index < -0.39 is 5.97 Å². The average molecular weight is 215 g/mol. The van der Waals surface area contributed by atoms with Crippen LogP contribution < -0.4 is 0 Å². The fourth-order valence-corrected chi connectivity index (χ4v) is 1.37. The van der Waals surface area contributed by atoms with Gasteiger partial charge in [0.2, 0.25) is 0 Å². The average Bonchev–Trinajstić information content (AvgIpc) is 2.30. The molecule has 5 nitrogen and oxygen atoms in total. The fraction of sp³-hybridized carbons (Fsp3) is 0.625. The minimum absolute atomic E-state index is 0.151. The summed E-state index contributed by atoms with van der Waals surface area (Å²) in [5, 5.41) is 15.3. The predicted molar refractivity (Wildman–Crippen MR) is 53.7 cm³/mol. The Hall–Kier alpha value is -1.17. The van der Waals surface area contributed by atoms with Gasteiger partial charge in [-0.3, -0.25) is 14.5 Å². The molecule has 1 rings (SSSR count). The monoisotopic (exact) mass is 215 g/mol. The Bertz CT molecular complexity index is 399. The fourth-order valence-electron chi connectivity index (χ4n) is 1.17. The van der Waals surface area contributed by atoms with Gasteiger partial charge in [-0.1, -0.05) is 20.8 Å². The van der Waals surface area contributed by atoms with Crippen molar-refractivity contribution in [2.24, 2.45) is 0 Å². The molecule has 0 saturated carbocycles. The topological polar surface area (TPSA) is 70.9 Å². The molecule has 0 aromatic carbocycles. The maximum atomic E-state index is 10.6. The van der Waals surface area contributed by atoms with Crippen molar-refractivity contribution in [3.05, 3.63) is 10.6 Å². The van der Waals surface area contributed by atoms with Crippen LogP contribution in [-0.4, -0.2) is 25.8 Å². The van der Waals surface area contributed by atoms with E-state index in [1.54, 1.807) is 0 Å². The van der Waals surface area contributed by atoms with Gasteiger partial charge in [-0.2, -0.15) is 5.10 Å². The standard InChI is InChI=1S/C8H13N3O2S/c1-8(2,3)6-9-10-7(14)11(6)4-5(12)13/h4H2,1-3H3,(H,10,14)(H,12,13). The van der Waals surface area contributed by atoms with Gasteiger partial charge in [0.1, 0.15) is 12.4 Å². The zero-order valence-corrected chi connectivity index (χ0v) is 9.18.